The Morgan fingerprint density at radius 1 is 1.05 bits per heavy atom. The third kappa shape index (κ3) is 6.52. The standard InChI is InChI=1S/C29H36N4O4S/c1-17(2)21-14-20(31-28(36)37-29(3,4)5)15-22-23(25(30)34)27(38-24(21)22)32-26(35)19-10-8-18(9-11-19)16-33-12-6-7-13-33/h8-11,14-15,17H,6-7,12-13,16H2,1-5H3,(H2,30,34)(H,31,36)(H,32,35). The molecule has 4 N–H and O–H groups in total. The Kier molecular flexibility index (Phi) is 8.08. The van der Waals surface area contributed by atoms with Crippen LogP contribution in [-0.2, 0) is 11.3 Å². The molecule has 3 amide bonds. The highest BCUT2D eigenvalue weighted by molar-refractivity contribution is 7.23. The summed E-state index contributed by atoms with van der Waals surface area (Å²) < 4.78 is 6.22. The molecule has 2 aromatic carbocycles. The van der Waals surface area contributed by atoms with E-state index in [1.165, 1.54) is 24.2 Å². The lowest BCUT2D eigenvalue weighted by molar-refractivity contribution is 0.0635. The van der Waals surface area contributed by atoms with Crippen molar-refractivity contribution >= 4 is 50.0 Å². The van der Waals surface area contributed by atoms with E-state index in [-0.39, 0.29) is 17.4 Å². The molecular weight excluding hydrogens is 500 g/mol. The van der Waals surface area contributed by atoms with Gasteiger partial charge in [-0.3, -0.25) is 19.8 Å². The van der Waals surface area contributed by atoms with E-state index in [9.17, 15) is 14.4 Å². The first kappa shape index (κ1) is 27.6. The molecule has 4 rings (SSSR count). The monoisotopic (exact) mass is 536 g/mol. The fourth-order valence-electron chi connectivity index (χ4n) is 4.62. The van der Waals surface area contributed by atoms with Crippen molar-refractivity contribution in [2.75, 3.05) is 23.7 Å². The van der Waals surface area contributed by atoms with Crippen molar-refractivity contribution < 1.29 is 19.1 Å². The SMILES string of the molecule is CC(C)c1cc(NC(=O)OC(C)(C)C)cc2c(C(N)=O)c(NC(=O)c3ccc(CN4CCCC4)cc3)sc12. The summed E-state index contributed by atoms with van der Waals surface area (Å²) in [5.74, 6) is -0.884. The van der Waals surface area contributed by atoms with Crippen LogP contribution >= 0.6 is 11.3 Å². The van der Waals surface area contributed by atoms with Gasteiger partial charge in [-0.25, -0.2) is 4.79 Å². The second-order valence-electron chi connectivity index (χ2n) is 11.0. The van der Waals surface area contributed by atoms with Gasteiger partial charge in [0.05, 0.1) is 5.56 Å². The summed E-state index contributed by atoms with van der Waals surface area (Å²) in [4.78, 5) is 40.5. The summed E-state index contributed by atoms with van der Waals surface area (Å²) in [6.45, 7) is 12.5. The van der Waals surface area contributed by atoms with E-state index < -0.39 is 17.6 Å². The van der Waals surface area contributed by atoms with E-state index in [0.29, 0.717) is 21.6 Å². The first-order chi connectivity index (χ1) is 17.9. The van der Waals surface area contributed by atoms with Gasteiger partial charge in [-0.1, -0.05) is 26.0 Å². The Hall–Kier alpha value is -3.43. The zero-order valence-corrected chi connectivity index (χ0v) is 23.5. The van der Waals surface area contributed by atoms with E-state index in [2.05, 4.69) is 15.5 Å². The number of nitrogens with zero attached hydrogens (tertiary/aromatic N) is 1. The van der Waals surface area contributed by atoms with Crippen molar-refractivity contribution in [3.05, 3.63) is 58.7 Å². The maximum Gasteiger partial charge on any atom is 0.412 e. The van der Waals surface area contributed by atoms with Crippen LogP contribution in [0.5, 0.6) is 0 Å². The highest BCUT2D eigenvalue weighted by Crippen LogP contribution is 2.42. The second kappa shape index (κ2) is 11.1. The Labute approximate surface area is 227 Å². The number of rotatable bonds is 7. The maximum atomic E-state index is 13.1. The van der Waals surface area contributed by atoms with Crippen LogP contribution in [0.4, 0.5) is 15.5 Å². The van der Waals surface area contributed by atoms with Gasteiger partial charge in [-0.05, 0) is 88.0 Å². The zero-order valence-electron chi connectivity index (χ0n) is 22.6. The van der Waals surface area contributed by atoms with Crippen LogP contribution in [0.15, 0.2) is 36.4 Å². The molecule has 0 spiro atoms. The lowest BCUT2D eigenvalue weighted by atomic mass is 9.99. The number of hydrogen-bond acceptors (Lipinski definition) is 6. The Morgan fingerprint density at radius 3 is 2.29 bits per heavy atom. The molecule has 0 bridgehead atoms. The molecule has 0 unspecified atom stereocenters. The average molecular weight is 537 g/mol. The van der Waals surface area contributed by atoms with Crippen LogP contribution in [0.25, 0.3) is 10.1 Å². The molecule has 3 aromatic rings. The average Bonchev–Trinajstić information content (AvgIpc) is 3.45. The van der Waals surface area contributed by atoms with E-state index in [1.54, 1.807) is 39.0 Å². The molecule has 8 nitrogen and oxygen atoms in total. The molecule has 1 fully saturated rings. The summed E-state index contributed by atoms with van der Waals surface area (Å²) in [6, 6.07) is 11.1. The van der Waals surface area contributed by atoms with Crippen LogP contribution in [0.2, 0.25) is 0 Å². The predicted octanol–water partition coefficient (Wildman–Crippen LogP) is 6.32. The van der Waals surface area contributed by atoms with Crippen LogP contribution in [0, 0.1) is 0 Å². The van der Waals surface area contributed by atoms with Crippen molar-refractivity contribution in [3.63, 3.8) is 0 Å². The third-order valence-electron chi connectivity index (χ3n) is 6.38. The number of likely N-dealkylation sites (tertiary alicyclic amines) is 1. The summed E-state index contributed by atoms with van der Waals surface area (Å²) in [7, 11) is 0. The molecule has 9 heteroatoms. The van der Waals surface area contributed by atoms with Gasteiger partial charge in [0.25, 0.3) is 11.8 Å². The number of thiophene rings is 1. The Morgan fingerprint density at radius 2 is 1.71 bits per heavy atom. The molecule has 1 aliphatic rings. The van der Waals surface area contributed by atoms with Crippen molar-refractivity contribution in [2.24, 2.45) is 5.73 Å². The van der Waals surface area contributed by atoms with Gasteiger partial charge in [-0.15, -0.1) is 11.3 Å². The number of fused-ring (bicyclic) bond motifs is 1. The molecule has 0 aliphatic carbocycles. The molecule has 0 atom stereocenters. The molecule has 0 radical (unpaired) electrons. The summed E-state index contributed by atoms with van der Waals surface area (Å²) in [6.07, 6.45) is 1.87. The minimum absolute atomic E-state index is 0.0870. The fourth-order valence-corrected chi connectivity index (χ4v) is 5.96. The molecule has 1 aromatic heterocycles. The number of carbonyl (C=O) groups excluding carboxylic acids is 3. The van der Waals surface area contributed by atoms with E-state index in [1.807, 2.05) is 32.0 Å². The minimum atomic E-state index is -0.656. The molecule has 202 valence electrons. The molecule has 38 heavy (non-hydrogen) atoms. The summed E-state index contributed by atoms with van der Waals surface area (Å²) >= 11 is 1.31. The smallest absolute Gasteiger partial charge is 0.412 e. The number of amides is 3. The molecule has 2 heterocycles. The van der Waals surface area contributed by atoms with Crippen LogP contribution in [0.1, 0.15) is 85.2 Å². The fraction of sp³-hybridized carbons (Fsp3) is 0.414. The highest BCUT2D eigenvalue weighted by Gasteiger charge is 2.24. The van der Waals surface area contributed by atoms with Gasteiger partial charge in [0, 0.05) is 27.9 Å². The van der Waals surface area contributed by atoms with Crippen molar-refractivity contribution in [1.29, 1.82) is 0 Å². The number of anilines is 2. The minimum Gasteiger partial charge on any atom is -0.444 e. The number of ether oxygens (including phenoxy) is 1. The van der Waals surface area contributed by atoms with Gasteiger partial charge in [0.15, 0.2) is 0 Å². The van der Waals surface area contributed by atoms with E-state index >= 15 is 0 Å². The molecule has 1 saturated heterocycles. The first-order valence-corrected chi connectivity index (χ1v) is 13.8. The second-order valence-corrected chi connectivity index (χ2v) is 12.0. The number of primary amides is 1. The van der Waals surface area contributed by atoms with Gasteiger partial charge < -0.3 is 15.8 Å². The van der Waals surface area contributed by atoms with Crippen LogP contribution < -0.4 is 16.4 Å². The van der Waals surface area contributed by atoms with Gasteiger partial charge in [-0.2, -0.15) is 0 Å². The quantitative estimate of drug-likeness (QED) is 0.327. The third-order valence-corrected chi connectivity index (χ3v) is 7.55. The van der Waals surface area contributed by atoms with Gasteiger partial charge in [0.2, 0.25) is 0 Å². The lowest BCUT2D eigenvalue weighted by Crippen LogP contribution is -2.27. The largest absolute Gasteiger partial charge is 0.444 e. The van der Waals surface area contributed by atoms with E-state index in [4.69, 9.17) is 10.5 Å². The lowest BCUT2D eigenvalue weighted by Gasteiger charge is -2.20. The van der Waals surface area contributed by atoms with Crippen molar-refractivity contribution in [3.8, 4) is 0 Å². The number of nitrogens with two attached hydrogens (primary N) is 1. The van der Waals surface area contributed by atoms with Gasteiger partial charge in [0.1, 0.15) is 10.6 Å². The van der Waals surface area contributed by atoms with Gasteiger partial charge >= 0.3 is 6.09 Å². The van der Waals surface area contributed by atoms with Crippen LogP contribution in [0.3, 0.4) is 0 Å². The van der Waals surface area contributed by atoms with Crippen molar-refractivity contribution in [1.82, 2.24) is 4.90 Å². The Bertz CT molecular complexity index is 1350. The molecular formula is C29H36N4O4S. The Balaban J connectivity index is 1.63. The predicted molar refractivity (Wildman–Crippen MR) is 153 cm³/mol. The first-order valence-electron chi connectivity index (χ1n) is 12.9. The number of nitrogens with one attached hydrogen (secondary N) is 2. The van der Waals surface area contributed by atoms with Crippen molar-refractivity contribution in [2.45, 2.75) is 65.5 Å². The normalized spacial score (nSPS) is 14.2. The van der Waals surface area contributed by atoms with E-state index in [0.717, 1.165) is 35.5 Å². The molecule has 0 saturated carbocycles. The maximum absolute atomic E-state index is 13.1. The topological polar surface area (TPSA) is 114 Å². The number of hydrogen-bond donors (Lipinski definition) is 3. The number of benzene rings is 2. The highest BCUT2D eigenvalue weighted by atomic mass is 32.1. The molecule has 1 aliphatic heterocycles. The summed E-state index contributed by atoms with van der Waals surface area (Å²) in [5, 5.41) is 6.63. The number of carbonyl (C=O) groups is 3. The summed E-state index contributed by atoms with van der Waals surface area (Å²) in [5.41, 5.74) is 8.44. The zero-order chi connectivity index (χ0) is 27.6. The van der Waals surface area contributed by atoms with Crippen LogP contribution in [-0.4, -0.2) is 41.5 Å².